The molecule has 3 aliphatic rings. The number of allylic oxidation sites excluding steroid dienone is 1. The number of aromatic nitrogens is 2. The second kappa shape index (κ2) is 8.35. The number of carbonyl (C=O) groups excluding carboxylic acids is 2. The predicted molar refractivity (Wildman–Crippen MR) is 130 cm³/mol. The molecule has 1 unspecified atom stereocenters. The maximum Gasteiger partial charge on any atom is 0.249 e. The highest BCUT2D eigenvalue weighted by Gasteiger charge is 2.59. The van der Waals surface area contributed by atoms with Gasteiger partial charge in [-0.1, -0.05) is 18.3 Å². The van der Waals surface area contributed by atoms with Gasteiger partial charge in [0.1, 0.15) is 24.2 Å². The molecule has 7 atom stereocenters. The van der Waals surface area contributed by atoms with Crippen molar-refractivity contribution in [2.75, 3.05) is 6.54 Å². The van der Waals surface area contributed by atoms with E-state index in [1.54, 1.807) is 57.5 Å². The lowest BCUT2D eigenvalue weighted by Crippen LogP contribution is -2.63. The van der Waals surface area contributed by atoms with Crippen molar-refractivity contribution in [3.8, 4) is 0 Å². The van der Waals surface area contributed by atoms with Gasteiger partial charge in [0.15, 0.2) is 0 Å². The molecule has 0 aliphatic carbocycles. The first-order chi connectivity index (χ1) is 15.2. The summed E-state index contributed by atoms with van der Waals surface area (Å²) in [5, 5.41) is 24.7. The summed E-state index contributed by atoms with van der Waals surface area (Å²) in [6.45, 7) is 4.41. The third kappa shape index (κ3) is 3.56. The fraction of sp³-hybridized carbons (Fsp3) is 0.571. The van der Waals surface area contributed by atoms with Gasteiger partial charge in [0.2, 0.25) is 20.9 Å². The highest BCUT2D eigenvalue weighted by molar-refractivity contribution is 14.1. The van der Waals surface area contributed by atoms with E-state index in [4.69, 9.17) is 0 Å². The van der Waals surface area contributed by atoms with Crippen LogP contribution in [0.25, 0.3) is 4.83 Å². The molecule has 0 aromatic carbocycles. The summed E-state index contributed by atoms with van der Waals surface area (Å²) in [6.07, 6.45) is 5.43. The number of aryl methyl sites for hydroxylation is 1. The number of aliphatic hydroxyl groups is 2. The van der Waals surface area contributed by atoms with E-state index in [2.05, 4.69) is 5.32 Å². The van der Waals surface area contributed by atoms with Gasteiger partial charge in [-0.05, 0) is 13.3 Å². The van der Waals surface area contributed by atoms with Crippen LogP contribution in [-0.4, -0.2) is 59.2 Å². The van der Waals surface area contributed by atoms with Crippen LogP contribution in [0.4, 0.5) is 0 Å². The van der Waals surface area contributed by atoms with Crippen LogP contribution in [0.2, 0.25) is 0 Å². The Morgan fingerprint density at radius 3 is 2.84 bits per heavy atom. The maximum atomic E-state index is 12.6. The molecule has 0 radical (unpaired) electrons. The predicted octanol–water partition coefficient (Wildman–Crippen LogP) is 1.35. The first-order valence-corrected chi connectivity index (χ1v) is 13.4. The van der Waals surface area contributed by atoms with Gasteiger partial charge < -0.3 is 20.4 Å². The Morgan fingerprint density at radius 2 is 2.19 bits per heavy atom. The molecule has 2 aromatic rings. The molecule has 1 amide bonds. The van der Waals surface area contributed by atoms with Crippen LogP contribution in [0, 0.1) is 11.8 Å². The van der Waals surface area contributed by atoms with Crippen molar-refractivity contribution in [2.24, 2.45) is 18.9 Å². The number of β-lactam (4-membered cyclic amide) rings is 1. The Labute approximate surface area is 207 Å². The van der Waals surface area contributed by atoms with E-state index in [0.717, 1.165) is 27.6 Å². The standard InChI is InChI=1S/C21H26IN4O4S2/c1-9-16-15(10(2)27)21(30)26(16)17(20(22)29)19(9)31-11-4-12(23-5-11)18(28)13-6-25-8-24(3)7-14(25)32-13/h6-12,15-16,18,23,27-28H,4-5H2,1-3H3/q+1/t9-,10-,11+,12+,15-,16-,18?/m1/s1. The highest BCUT2D eigenvalue weighted by atomic mass is 127. The van der Waals surface area contributed by atoms with Crippen molar-refractivity contribution in [3.63, 3.8) is 0 Å². The van der Waals surface area contributed by atoms with E-state index in [1.807, 2.05) is 41.7 Å². The normalized spacial score (nSPS) is 31.9. The zero-order chi connectivity index (χ0) is 22.9. The minimum absolute atomic E-state index is 0.00900. The van der Waals surface area contributed by atoms with Crippen molar-refractivity contribution in [2.45, 2.75) is 49.8 Å². The van der Waals surface area contributed by atoms with Crippen molar-refractivity contribution < 1.29 is 24.4 Å². The van der Waals surface area contributed by atoms with E-state index in [9.17, 15) is 19.8 Å². The van der Waals surface area contributed by atoms with Crippen molar-refractivity contribution in [1.29, 1.82) is 0 Å². The summed E-state index contributed by atoms with van der Waals surface area (Å²) in [5.74, 6) is -0.599. The second-order valence-electron chi connectivity index (χ2n) is 8.96. The molecule has 11 heteroatoms. The van der Waals surface area contributed by atoms with Crippen molar-refractivity contribution >= 4 is 60.2 Å². The summed E-state index contributed by atoms with van der Waals surface area (Å²) in [4.78, 5) is 29.6. The van der Waals surface area contributed by atoms with Crippen LogP contribution in [0.1, 0.15) is 31.2 Å². The Morgan fingerprint density at radius 1 is 1.44 bits per heavy atom. The summed E-state index contributed by atoms with van der Waals surface area (Å²) < 4.78 is 3.87. The van der Waals surface area contributed by atoms with Gasteiger partial charge in [-0.15, -0.1) is 11.8 Å². The number of aliphatic hydroxyl groups excluding tert-OH is 2. The summed E-state index contributed by atoms with van der Waals surface area (Å²) in [5.41, 5.74) is 0.486. The molecule has 2 fully saturated rings. The molecule has 0 saturated carbocycles. The Bertz CT molecular complexity index is 1100. The second-order valence-corrected chi connectivity index (χ2v) is 12.4. The number of amides is 1. The molecule has 3 N–H and O–H groups in total. The lowest BCUT2D eigenvalue weighted by Gasteiger charge is -2.46. The molecular formula is C21H26IN4O4S2+. The average molecular weight is 590 g/mol. The van der Waals surface area contributed by atoms with E-state index in [1.165, 1.54) is 0 Å². The van der Waals surface area contributed by atoms with Gasteiger partial charge in [0, 0.05) is 51.3 Å². The van der Waals surface area contributed by atoms with E-state index < -0.39 is 18.1 Å². The van der Waals surface area contributed by atoms with Crippen LogP contribution in [0.5, 0.6) is 0 Å². The number of halogens is 1. The van der Waals surface area contributed by atoms with E-state index in [-0.39, 0.29) is 32.9 Å². The SMILES string of the molecule is C[C@@H](O)[C@H]1C(=O)N2C(C(=O)I)=C(S[C@@H]3CN[C@H](C(O)c4cn5c[n+](C)cc5s4)C3)[C@H](C)[C@H]12. The molecule has 5 heterocycles. The number of nitrogens with one attached hydrogen (secondary N) is 1. The zero-order valence-corrected chi connectivity index (χ0v) is 21.7. The van der Waals surface area contributed by atoms with Gasteiger partial charge in [0.05, 0.1) is 30.0 Å². The number of thiazole rings is 1. The number of hydrogen-bond donors (Lipinski definition) is 3. The van der Waals surface area contributed by atoms with Gasteiger partial charge in [-0.25, -0.2) is 4.57 Å². The largest absolute Gasteiger partial charge is 0.393 e. The Balaban J connectivity index is 1.31. The van der Waals surface area contributed by atoms with Crippen LogP contribution in [0.3, 0.4) is 0 Å². The lowest BCUT2D eigenvalue weighted by molar-refractivity contribution is -0.669. The molecule has 3 aliphatic heterocycles. The topological polar surface area (TPSA) is 98.2 Å². The number of imidazole rings is 1. The third-order valence-corrected chi connectivity index (χ3v) is 9.88. The molecule has 172 valence electrons. The number of rotatable bonds is 6. The highest BCUT2D eigenvalue weighted by Crippen LogP contribution is 2.52. The van der Waals surface area contributed by atoms with Crippen LogP contribution in [0.15, 0.2) is 29.3 Å². The van der Waals surface area contributed by atoms with Gasteiger partial charge in [0.25, 0.3) is 0 Å². The first kappa shape index (κ1) is 22.8. The van der Waals surface area contributed by atoms with Crippen molar-refractivity contribution in [1.82, 2.24) is 14.6 Å². The molecule has 32 heavy (non-hydrogen) atoms. The quantitative estimate of drug-likeness (QED) is 0.204. The summed E-state index contributed by atoms with van der Waals surface area (Å²) in [7, 11) is 1.98. The third-order valence-electron chi connectivity index (χ3n) is 6.75. The molecule has 2 aromatic heterocycles. The summed E-state index contributed by atoms with van der Waals surface area (Å²) in [6, 6.07) is -0.213. The summed E-state index contributed by atoms with van der Waals surface area (Å²) >= 11 is 4.99. The Hall–Kier alpha value is -0.990. The number of carbonyl (C=O) groups is 2. The van der Waals surface area contributed by atoms with Crippen LogP contribution in [-0.2, 0) is 16.6 Å². The fourth-order valence-corrected chi connectivity index (χ4v) is 8.58. The van der Waals surface area contributed by atoms with Crippen LogP contribution < -0.4 is 9.88 Å². The monoisotopic (exact) mass is 589 g/mol. The first-order valence-electron chi connectivity index (χ1n) is 10.7. The Kier molecular flexibility index (Phi) is 5.94. The number of fused-ring (bicyclic) bond motifs is 2. The fourth-order valence-electron chi connectivity index (χ4n) is 5.23. The number of hydrogen-bond acceptors (Lipinski definition) is 7. The van der Waals surface area contributed by atoms with Gasteiger partial charge in [-0.2, -0.15) is 4.40 Å². The minimum atomic E-state index is -0.728. The lowest BCUT2D eigenvalue weighted by atomic mass is 9.79. The maximum absolute atomic E-state index is 12.6. The zero-order valence-electron chi connectivity index (χ0n) is 17.9. The molecule has 0 spiro atoms. The molecule has 0 bridgehead atoms. The number of nitrogens with zero attached hydrogens (tertiary/aromatic N) is 3. The minimum Gasteiger partial charge on any atom is -0.393 e. The van der Waals surface area contributed by atoms with E-state index in [0.29, 0.717) is 5.70 Å². The van der Waals surface area contributed by atoms with E-state index >= 15 is 0 Å². The van der Waals surface area contributed by atoms with Crippen LogP contribution >= 0.6 is 45.7 Å². The molecule has 5 rings (SSSR count). The van der Waals surface area contributed by atoms with Crippen molar-refractivity contribution in [3.05, 3.63) is 34.2 Å². The van der Waals surface area contributed by atoms with Gasteiger partial charge >= 0.3 is 0 Å². The van der Waals surface area contributed by atoms with Gasteiger partial charge in [-0.3, -0.25) is 9.59 Å². The average Bonchev–Trinajstić information content (AvgIpc) is 3.44. The molecule has 2 saturated heterocycles. The smallest absolute Gasteiger partial charge is 0.249 e. The molecular weight excluding hydrogens is 563 g/mol. The number of thioether (sulfide) groups is 1. The molecule has 8 nitrogen and oxygen atoms in total.